The van der Waals surface area contributed by atoms with Gasteiger partial charge in [-0.15, -0.1) is 0 Å². The van der Waals surface area contributed by atoms with Crippen molar-refractivity contribution < 1.29 is 23.9 Å². The van der Waals surface area contributed by atoms with Gasteiger partial charge in [-0.05, 0) is 62.1 Å². The lowest BCUT2D eigenvalue weighted by Crippen LogP contribution is -2.52. The number of hydrogen-bond donors (Lipinski definition) is 3. The zero-order valence-corrected chi connectivity index (χ0v) is 26.3. The van der Waals surface area contributed by atoms with Crippen molar-refractivity contribution in [3.63, 3.8) is 0 Å². The van der Waals surface area contributed by atoms with E-state index in [0.29, 0.717) is 17.7 Å². The number of carbonyl (C=O) groups is 4. The number of amides is 4. The summed E-state index contributed by atoms with van der Waals surface area (Å²) in [5.74, 6) is -1.48. The number of hydrogen-bond acceptors (Lipinski definition) is 5. The van der Waals surface area contributed by atoms with Crippen LogP contribution in [0, 0.1) is 0 Å². The number of nitrogens with two attached hydrogens (primary N) is 1. The lowest BCUT2D eigenvalue weighted by atomic mass is 10.0. The molecule has 9 nitrogen and oxygen atoms in total. The molecule has 3 rings (SSSR count). The summed E-state index contributed by atoms with van der Waals surface area (Å²) in [7, 11) is 0. The summed E-state index contributed by atoms with van der Waals surface area (Å²) >= 11 is 0. The van der Waals surface area contributed by atoms with Gasteiger partial charge in [0.1, 0.15) is 17.7 Å². The third-order valence-electron chi connectivity index (χ3n) is 7.15. The highest BCUT2D eigenvalue weighted by Gasteiger charge is 2.36. The van der Waals surface area contributed by atoms with E-state index in [-0.39, 0.29) is 25.3 Å². The lowest BCUT2D eigenvalue weighted by molar-refractivity contribution is -0.141. The summed E-state index contributed by atoms with van der Waals surface area (Å²) in [5, 5.41) is 7.68. The maximum absolute atomic E-state index is 14.3. The molecule has 0 saturated carbocycles. The van der Waals surface area contributed by atoms with Crippen molar-refractivity contribution in [2.45, 2.75) is 90.3 Å². The van der Waals surface area contributed by atoms with Gasteiger partial charge in [0.05, 0.1) is 0 Å². The number of nitrogens with zero attached hydrogens (tertiary/aromatic N) is 1. The number of benzene rings is 3. The summed E-state index contributed by atoms with van der Waals surface area (Å²) in [6, 6.07) is 20.5. The molecule has 0 radical (unpaired) electrons. The first-order chi connectivity index (χ1) is 21.0. The summed E-state index contributed by atoms with van der Waals surface area (Å²) < 4.78 is 5.42. The minimum absolute atomic E-state index is 0.0342. The Balaban J connectivity index is 1.99. The predicted molar refractivity (Wildman–Crippen MR) is 174 cm³/mol. The first-order valence-corrected chi connectivity index (χ1v) is 15.4. The molecular formula is C35H46N4O5. The molecule has 0 aliphatic rings. The molecule has 0 aliphatic carbocycles. The Kier molecular flexibility index (Phi) is 12.7. The maximum Gasteiger partial charge on any atom is 0.408 e. The fourth-order valence-electron chi connectivity index (χ4n) is 5.03. The Morgan fingerprint density at radius 1 is 0.864 bits per heavy atom. The van der Waals surface area contributed by atoms with Gasteiger partial charge in [-0.1, -0.05) is 93.3 Å². The van der Waals surface area contributed by atoms with Crippen LogP contribution in [0.3, 0.4) is 0 Å². The molecule has 2 unspecified atom stereocenters. The van der Waals surface area contributed by atoms with Crippen LogP contribution in [0.25, 0.3) is 10.8 Å². The molecule has 0 aliphatic heterocycles. The topological polar surface area (TPSA) is 131 Å². The standard InChI is InChI=1S/C35H46N4O5/c1-5-6-7-8-14-23-39(33(42)29(21-22-30(36)40)38-34(43)44-35(2,3)4)31(26-16-10-9-11-17-26)32(41)37-28-20-19-25-15-12-13-18-27(25)24-28/h9-13,15-20,24,29,31H,5-8,14,21-23H2,1-4H3,(H2,36,40)(H,37,41)(H,38,43). The van der Waals surface area contributed by atoms with Crippen LogP contribution in [-0.2, 0) is 19.1 Å². The summed E-state index contributed by atoms with van der Waals surface area (Å²) in [4.78, 5) is 54.5. The van der Waals surface area contributed by atoms with E-state index in [0.717, 1.165) is 36.5 Å². The van der Waals surface area contributed by atoms with E-state index in [1.165, 1.54) is 4.90 Å². The summed E-state index contributed by atoms with van der Waals surface area (Å²) in [5.41, 5.74) is 5.85. The average molecular weight is 603 g/mol. The second-order valence-electron chi connectivity index (χ2n) is 12.0. The monoisotopic (exact) mass is 602 g/mol. The van der Waals surface area contributed by atoms with Crippen molar-refractivity contribution in [1.29, 1.82) is 0 Å². The number of primary amides is 1. The smallest absolute Gasteiger partial charge is 0.408 e. The van der Waals surface area contributed by atoms with Gasteiger partial charge in [0.15, 0.2) is 0 Å². The minimum atomic E-state index is -1.13. The molecule has 0 spiro atoms. The molecule has 3 aromatic carbocycles. The van der Waals surface area contributed by atoms with E-state index >= 15 is 0 Å². The van der Waals surface area contributed by atoms with E-state index in [2.05, 4.69) is 17.6 Å². The molecule has 4 amide bonds. The molecule has 4 N–H and O–H groups in total. The third kappa shape index (κ3) is 10.7. The van der Waals surface area contributed by atoms with Gasteiger partial charge in [-0.2, -0.15) is 0 Å². The van der Waals surface area contributed by atoms with E-state index in [9.17, 15) is 19.2 Å². The zero-order valence-electron chi connectivity index (χ0n) is 26.3. The summed E-state index contributed by atoms with van der Waals surface area (Å²) in [6.45, 7) is 7.56. The van der Waals surface area contributed by atoms with Crippen molar-refractivity contribution in [3.8, 4) is 0 Å². The molecule has 44 heavy (non-hydrogen) atoms. The first kappa shape index (κ1) is 34.1. The normalized spacial score (nSPS) is 12.6. The number of anilines is 1. The molecule has 0 aromatic heterocycles. The van der Waals surface area contributed by atoms with Crippen LogP contribution in [0.1, 0.15) is 84.2 Å². The molecular weight excluding hydrogens is 556 g/mol. The van der Waals surface area contributed by atoms with Gasteiger partial charge in [0.2, 0.25) is 11.8 Å². The van der Waals surface area contributed by atoms with Gasteiger partial charge in [0.25, 0.3) is 5.91 Å². The van der Waals surface area contributed by atoms with Crippen molar-refractivity contribution >= 4 is 40.3 Å². The van der Waals surface area contributed by atoms with E-state index in [4.69, 9.17) is 10.5 Å². The highest BCUT2D eigenvalue weighted by molar-refractivity contribution is 6.00. The van der Waals surface area contributed by atoms with Crippen LogP contribution in [0.4, 0.5) is 10.5 Å². The fourth-order valence-corrected chi connectivity index (χ4v) is 5.03. The average Bonchev–Trinajstić information content (AvgIpc) is 2.97. The zero-order chi connectivity index (χ0) is 32.1. The SMILES string of the molecule is CCCCCCCN(C(=O)C(CCC(N)=O)NC(=O)OC(C)(C)C)C(C(=O)Nc1ccc2ccccc2c1)c1ccccc1. The number of nitrogens with one attached hydrogen (secondary N) is 2. The van der Waals surface area contributed by atoms with E-state index in [1.807, 2.05) is 72.8 Å². The van der Waals surface area contributed by atoms with Gasteiger partial charge in [-0.3, -0.25) is 14.4 Å². The quantitative estimate of drug-likeness (QED) is 0.172. The number of alkyl carbamates (subject to hydrolysis) is 1. The highest BCUT2D eigenvalue weighted by Crippen LogP contribution is 2.27. The molecule has 2 atom stereocenters. The minimum Gasteiger partial charge on any atom is -0.444 e. The number of fused-ring (bicyclic) bond motifs is 1. The summed E-state index contributed by atoms with van der Waals surface area (Å²) in [6.07, 6.45) is 3.71. The number of rotatable bonds is 15. The predicted octanol–water partition coefficient (Wildman–Crippen LogP) is 6.48. The lowest BCUT2D eigenvalue weighted by Gasteiger charge is -2.34. The van der Waals surface area contributed by atoms with Crippen LogP contribution in [0.5, 0.6) is 0 Å². The molecule has 0 saturated heterocycles. The Bertz CT molecular complexity index is 1400. The maximum atomic E-state index is 14.3. The third-order valence-corrected chi connectivity index (χ3v) is 7.15. The molecule has 236 valence electrons. The molecule has 0 fully saturated rings. The second kappa shape index (κ2) is 16.4. The largest absolute Gasteiger partial charge is 0.444 e. The van der Waals surface area contributed by atoms with Gasteiger partial charge in [-0.25, -0.2) is 4.79 Å². The molecule has 3 aromatic rings. The van der Waals surface area contributed by atoms with E-state index in [1.54, 1.807) is 20.8 Å². The van der Waals surface area contributed by atoms with Crippen molar-refractivity contribution in [1.82, 2.24) is 10.2 Å². The number of ether oxygens (including phenoxy) is 1. The Hall–Kier alpha value is -4.40. The highest BCUT2D eigenvalue weighted by atomic mass is 16.6. The fraction of sp³-hybridized carbons (Fsp3) is 0.429. The van der Waals surface area contributed by atoms with Gasteiger partial charge >= 0.3 is 6.09 Å². The molecule has 0 heterocycles. The van der Waals surface area contributed by atoms with E-state index < -0.39 is 35.6 Å². The van der Waals surface area contributed by atoms with Crippen molar-refractivity contribution in [2.24, 2.45) is 5.73 Å². The van der Waals surface area contributed by atoms with Crippen LogP contribution < -0.4 is 16.4 Å². The Morgan fingerprint density at radius 2 is 1.52 bits per heavy atom. The first-order valence-electron chi connectivity index (χ1n) is 15.4. The van der Waals surface area contributed by atoms with Crippen molar-refractivity contribution in [3.05, 3.63) is 78.4 Å². The van der Waals surface area contributed by atoms with Crippen molar-refractivity contribution in [2.75, 3.05) is 11.9 Å². The molecule has 9 heteroatoms. The Morgan fingerprint density at radius 3 is 2.18 bits per heavy atom. The number of unbranched alkanes of at least 4 members (excludes halogenated alkanes) is 4. The van der Waals surface area contributed by atoms with Crippen LogP contribution in [0.15, 0.2) is 72.8 Å². The number of carbonyl (C=O) groups excluding carboxylic acids is 4. The van der Waals surface area contributed by atoms with Crippen LogP contribution in [0.2, 0.25) is 0 Å². The van der Waals surface area contributed by atoms with Crippen LogP contribution >= 0.6 is 0 Å². The van der Waals surface area contributed by atoms with Gasteiger partial charge in [0, 0.05) is 18.7 Å². The second-order valence-corrected chi connectivity index (χ2v) is 12.0. The Labute approximate surface area is 260 Å². The van der Waals surface area contributed by atoms with Crippen LogP contribution in [-0.4, -0.2) is 46.9 Å². The van der Waals surface area contributed by atoms with Gasteiger partial charge < -0.3 is 26.0 Å². The molecule has 0 bridgehead atoms.